The number of hydrogen-bond donors (Lipinski definition) is 2. The van der Waals surface area contributed by atoms with Crippen molar-refractivity contribution in [3.8, 4) is 0 Å². The maximum Gasteiger partial charge on any atom is 0.323 e. The van der Waals surface area contributed by atoms with Gasteiger partial charge in [0.25, 0.3) is 0 Å². The van der Waals surface area contributed by atoms with E-state index in [1.54, 1.807) is 0 Å². The summed E-state index contributed by atoms with van der Waals surface area (Å²) < 4.78 is 0. The van der Waals surface area contributed by atoms with Crippen LogP contribution in [-0.2, 0) is 4.79 Å². The molecule has 0 bridgehead atoms. The van der Waals surface area contributed by atoms with Crippen LogP contribution >= 0.6 is 0 Å². The Balaban J connectivity index is 2.23. The minimum atomic E-state index is -0.861. The van der Waals surface area contributed by atoms with Crippen LogP contribution in [0, 0.1) is 0 Å². The molecule has 2 atom stereocenters. The molecule has 4 heteroatoms. The van der Waals surface area contributed by atoms with Gasteiger partial charge in [0.1, 0.15) is 6.54 Å². The molecular weight excluding hydrogens is 242 g/mol. The van der Waals surface area contributed by atoms with E-state index in [2.05, 4.69) is 0 Å². The Hall–Kier alpha value is -1.55. The molecule has 1 fully saturated rings. The van der Waals surface area contributed by atoms with Gasteiger partial charge in [0.15, 0.2) is 0 Å². The van der Waals surface area contributed by atoms with E-state index in [0.717, 1.165) is 37.8 Å². The molecule has 1 saturated carbocycles. The lowest BCUT2D eigenvalue weighted by molar-refractivity contribution is -0.135. The van der Waals surface area contributed by atoms with Gasteiger partial charge >= 0.3 is 5.97 Å². The second-order valence-corrected chi connectivity index (χ2v) is 5.13. The Bertz CT molecular complexity index is 407. The number of aliphatic hydroxyl groups is 1. The predicted molar refractivity (Wildman–Crippen MR) is 74.3 cm³/mol. The highest BCUT2D eigenvalue weighted by Crippen LogP contribution is 2.26. The quantitative estimate of drug-likeness (QED) is 0.818. The summed E-state index contributed by atoms with van der Waals surface area (Å²) in [6, 6.07) is 9.41. The van der Waals surface area contributed by atoms with Crippen molar-refractivity contribution in [2.75, 3.05) is 11.4 Å². The second kappa shape index (κ2) is 6.57. The first-order chi connectivity index (χ1) is 9.18. The molecule has 2 unspecified atom stereocenters. The number of anilines is 1. The lowest BCUT2D eigenvalue weighted by Gasteiger charge is -2.34. The largest absolute Gasteiger partial charge is 0.480 e. The first-order valence-electron chi connectivity index (χ1n) is 6.90. The van der Waals surface area contributed by atoms with Crippen LogP contribution in [0.2, 0.25) is 0 Å². The summed E-state index contributed by atoms with van der Waals surface area (Å²) in [6.07, 6.45) is 4.35. The number of carboxylic acids is 1. The second-order valence-electron chi connectivity index (χ2n) is 5.13. The third-order valence-corrected chi connectivity index (χ3v) is 3.74. The van der Waals surface area contributed by atoms with Crippen molar-refractivity contribution in [3.63, 3.8) is 0 Å². The van der Waals surface area contributed by atoms with E-state index in [9.17, 15) is 9.90 Å². The van der Waals surface area contributed by atoms with Gasteiger partial charge in [-0.1, -0.05) is 37.5 Å². The first kappa shape index (κ1) is 13.9. The van der Waals surface area contributed by atoms with E-state index < -0.39 is 12.1 Å². The number of nitrogens with zero attached hydrogens (tertiary/aromatic N) is 1. The SMILES string of the molecule is O=C(O)CN(c1ccccc1)C1CCCCCC1O. The first-order valence-corrected chi connectivity index (χ1v) is 6.90. The molecule has 0 amide bonds. The molecule has 2 rings (SSSR count). The van der Waals surface area contributed by atoms with Crippen molar-refractivity contribution >= 4 is 11.7 Å². The van der Waals surface area contributed by atoms with Crippen LogP contribution in [0.4, 0.5) is 5.69 Å². The highest BCUT2D eigenvalue weighted by molar-refractivity contribution is 5.74. The number of benzene rings is 1. The van der Waals surface area contributed by atoms with Gasteiger partial charge in [-0.05, 0) is 25.0 Å². The van der Waals surface area contributed by atoms with Gasteiger partial charge in [0.05, 0.1) is 12.1 Å². The Kier molecular flexibility index (Phi) is 4.80. The van der Waals surface area contributed by atoms with Gasteiger partial charge in [-0.3, -0.25) is 4.79 Å². The summed E-state index contributed by atoms with van der Waals surface area (Å²) in [5, 5.41) is 19.4. The number of aliphatic carboxylic acids is 1. The van der Waals surface area contributed by atoms with Crippen LogP contribution in [0.3, 0.4) is 0 Å². The van der Waals surface area contributed by atoms with Crippen LogP contribution in [0.15, 0.2) is 30.3 Å². The molecule has 0 aliphatic heterocycles. The van der Waals surface area contributed by atoms with Crippen molar-refractivity contribution < 1.29 is 15.0 Å². The number of carboxylic acid groups (broad SMARTS) is 1. The van der Waals surface area contributed by atoms with Gasteiger partial charge < -0.3 is 15.1 Å². The maximum absolute atomic E-state index is 11.1. The van der Waals surface area contributed by atoms with Crippen molar-refractivity contribution in [1.82, 2.24) is 0 Å². The number of aliphatic hydroxyl groups excluding tert-OH is 1. The summed E-state index contributed by atoms with van der Waals surface area (Å²) >= 11 is 0. The van der Waals surface area contributed by atoms with Crippen molar-refractivity contribution in [1.29, 1.82) is 0 Å². The highest BCUT2D eigenvalue weighted by atomic mass is 16.4. The third kappa shape index (κ3) is 3.70. The molecular formula is C15H21NO3. The zero-order valence-corrected chi connectivity index (χ0v) is 11.0. The summed E-state index contributed by atoms with van der Waals surface area (Å²) in [6.45, 7) is -0.0637. The minimum Gasteiger partial charge on any atom is -0.480 e. The van der Waals surface area contributed by atoms with Gasteiger partial charge in [0, 0.05) is 5.69 Å². The smallest absolute Gasteiger partial charge is 0.323 e. The van der Waals surface area contributed by atoms with Crippen molar-refractivity contribution in [2.45, 2.75) is 44.2 Å². The fraction of sp³-hybridized carbons (Fsp3) is 0.533. The van der Waals surface area contributed by atoms with E-state index in [0.29, 0.717) is 0 Å². The Morgan fingerprint density at radius 3 is 2.53 bits per heavy atom. The molecule has 0 heterocycles. The van der Waals surface area contributed by atoms with E-state index in [1.807, 2.05) is 35.2 Å². The zero-order chi connectivity index (χ0) is 13.7. The van der Waals surface area contributed by atoms with Crippen molar-refractivity contribution in [2.24, 2.45) is 0 Å². The van der Waals surface area contributed by atoms with Crippen LogP contribution in [0.1, 0.15) is 32.1 Å². The molecule has 0 saturated heterocycles. The van der Waals surface area contributed by atoms with Gasteiger partial charge in [-0.25, -0.2) is 0 Å². The topological polar surface area (TPSA) is 60.8 Å². The summed E-state index contributed by atoms with van der Waals surface area (Å²) in [4.78, 5) is 12.9. The molecule has 4 nitrogen and oxygen atoms in total. The zero-order valence-electron chi connectivity index (χ0n) is 11.0. The highest BCUT2D eigenvalue weighted by Gasteiger charge is 2.28. The fourth-order valence-corrected chi connectivity index (χ4v) is 2.80. The van der Waals surface area contributed by atoms with Crippen LogP contribution < -0.4 is 4.90 Å². The number of para-hydroxylation sites is 1. The lowest BCUT2D eigenvalue weighted by atomic mass is 10.0. The molecule has 104 valence electrons. The Labute approximate surface area is 113 Å². The average molecular weight is 263 g/mol. The summed E-state index contributed by atoms with van der Waals surface area (Å²) in [5.41, 5.74) is 0.871. The lowest BCUT2D eigenvalue weighted by Crippen LogP contribution is -2.45. The molecule has 1 aliphatic carbocycles. The molecule has 19 heavy (non-hydrogen) atoms. The van der Waals surface area contributed by atoms with E-state index >= 15 is 0 Å². The summed E-state index contributed by atoms with van der Waals surface area (Å²) in [5.74, 6) is -0.861. The van der Waals surface area contributed by atoms with Gasteiger partial charge in [0.2, 0.25) is 0 Å². The molecule has 1 aromatic rings. The number of rotatable bonds is 4. The average Bonchev–Trinajstić information content (AvgIpc) is 2.62. The monoisotopic (exact) mass is 263 g/mol. The van der Waals surface area contributed by atoms with Gasteiger partial charge in [-0.15, -0.1) is 0 Å². The molecule has 1 aromatic carbocycles. The summed E-state index contributed by atoms with van der Waals surface area (Å²) in [7, 11) is 0. The fourth-order valence-electron chi connectivity index (χ4n) is 2.80. The Morgan fingerprint density at radius 1 is 1.16 bits per heavy atom. The van der Waals surface area contributed by atoms with E-state index in [1.165, 1.54) is 0 Å². The minimum absolute atomic E-state index is 0.0637. The molecule has 2 N–H and O–H groups in total. The van der Waals surface area contributed by atoms with Gasteiger partial charge in [-0.2, -0.15) is 0 Å². The van der Waals surface area contributed by atoms with Crippen LogP contribution in [-0.4, -0.2) is 34.9 Å². The Morgan fingerprint density at radius 2 is 1.84 bits per heavy atom. The molecule has 1 aliphatic rings. The predicted octanol–water partition coefficient (Wildman–Crippen LogP) is 2.27. The standard InChI is InChI=1S/C15H21NO3/c17-14-10-6-2-5-9-13(14)16(11-15(18)19)12-7-3-1-4-8-12/h1,3-4,7-8,13-14,17H,2,5-6,9-11H2,(H,18,19). The van der Waals surface area contributed by atoms with Crippen LogP contribution in [0.5, 0.6) is 0 Å². The number of hydrogen-bond acceptors (Lipinski definition) is 3. The maximum atomic E-state index is 11.1. The molecule has 0 aromatic heterocycles. The van der Waals surface area contributed by atoms with E-state index in [-0.39, 0.29) is 12.6 Å². The third-order valence-electron chi connectivity index (χ3n) is 3.74. The number of carbonyl (C=O) groups is 1. The normalized spacial score (nSPS) is 23.6. The molecule has 0 radical (unpaired) electrons. The van der Waals surface area contributed by atoms with E-state index in [4.69, 9.17) is 5.11 Å². The molecule has 0 spiro atoms. The van der Waals surface area contributed by atoms with Crippen molar-refractivity contribution in [3.05, 3.63) is 30.3 Å². The van der Waals surface area contributed by atoms with Crippen LogP contribution in [0.25, 0.3) is 0 Å².